The van der Waals surface area contributed by atoms with Gasteiger partial charge >= 0.3 is 0 Å². The maximum absolute atomic E-state index is 8.61. The molecule has 0 radical (unpaired) electrons. The summed E-state index contributed by atoms with van der Waals surface area (Å²) in [4.78, 5) is 6.66. The van der Waals surface area contributed by atoms with Gasteiger partial charge in [0.05, 0.1) is 17.5 Å². The summed E-state index contributed by atoms with van der Waals surface area (Å²) in [6.07, 6.45) is 6.49. The van der Waals surface area contributed by atoms with E-state index in [1.807, 2.05) is 18.7 Å². The van der Waals surface area contributed by atoms with E-state index in [1.54, 1.807) is 0 Å². The number of hydrogen-bond acceptors (Lipinski definition) is 4. The second-order valence-corrected chi connectivity index (χ2v) is 9.38. The van der Waals surface area contributed by atoms with Gasteiger partial charge in [-0.2, -0.15) is 11.8 Å². The van der Waals surface area contributed by atoms with Gasteiger partial charge in [0.15, 0.2) is 0 Å². The van der Waals surface area contributed by atoms with Crippen LogP contribution >= 0.6 is 11.8 Å². The van der Waals surface area contributed by atoms with Crippen LogP contribution in [0.1, 0.15) is 45.4 Å². The molecule has 0 saturated carbocycles. The van der Waals surface area contributed by atoms with E-state index in [0.29, 0.717) is 17.0 Å². The molecule has 2 atom stereocenters. The standard InChI is InChI=1S/C19H34N6S/c1-15(20)24-9-10-26-17(14-24)12-19(22)25-8-4-5-16(13-25)11-18(21)23-6-2-3-7-23/h16-17,20-22H,2-14H2,1H3. The molecule has 3 rings (SSSR count). The lowest BCUT2D eigenvalue weighted by Gasteiger charge is -2.38. The van der Waals surface area contributed by atoms with Crippen LogP contribution in [0.15, 0.2) is 0 Å². The molecule has 0 amide bonds. The van der Waals surface area contributed by atoms with E-state index in [4.69, 9.17) is 16.2 Å². The van der Waals surface area contributed by atoms with Gasteiger partial charge in [0.2, 0.25) is 0 Å². The lowest BCUT2D eigenvalue weighted by molar-refractivity contribution is 0.253. The lowest BCUT2D eigenvalue weighted by Crippen LogP contribution is -2.45. The topological polar surface area (TPSA) is 81.3 Å². The Morgan fingerprint density at radius 2 is 1.54 bits per heavy atom. The van der Waals surface area contributed by atoms with Gasteiger partial charge in [0.1, 0.15) is 0 Å². The van der Waals surface area contributed by atoms with E-state index in [0.717, 1.165) is 76.0 Å². The summed E-state index contributed by atoms with van der Waals surface area (Å²) in [7, 11) is 0. The molecule has 6 nitrogen and oxygen atoms in total. The number of rotatable bonds is 4. The molecule has 3 aliphatic rings. The fourth-order valence-corrected chi connectivity index (χ4v) is 5.58. The fraction of sp³-hybridized carbons (Fsp3) is 0.842. The van der Waals surface area contributed by atoms with Crippen LogP contribution in [0.5, 0.6) is 0 Å². The van der Waals surface area contributed by atoms with Gasteiger partial charge in [-0.1, -0.05) is 0 Å². The number of hydrogen-bond donors (Lipinski definition) is 3. The highest BCUT2D eigenvalue weighted by atomic mass is 32.2. The average molecular weight is 379 g/mol. The van der Waals surface area contributed by atoms with Crippen molar-refractivity contribution in [3.63, 3.8) is 0 Å². The molecular weight excluding hydrogens is 344 g/mol. The van der Waals surface area contributed by atoms with Crippen molar-refractivity contribution in [3.05, 3.63) is 0 Å². The summed E-state index contributed by atoms with van der Waals surface area (Å²) < 4.78 is 0. The second-order valence-electron chi connectivity index (χ2n) is 7.97. The molecule has 26 heavy (non-hydrogen) atoms. The average Bonchev–Trinajstić information content (AvgIpc) is 3.17. The smallest absolute Gasteiger partial charge is 0.0969 e. The minimum atomic E-state index is 0.430. The number of nitrogens with one attached hydrogen (secondary N) is 3. The first kappa shape index (κ1) is 19.5. The number of amidine groups is 3. The molecule has 3 fully saturated rings. The number of nitrogens with zero attached hydrogens (tertiary/aromatic N) is 3. The van der Waals surface area contributed by atoms with Crippen molar-refractivity contribution in [2.45, 2.75) is 50.7 Å². The van der Waals surface area contributed by atoms with Crippen molar-refractivity contribution in [2.75, 3.05) is 45.0 Å². The maximum atomic E-state index is 8.61. The molecule has 0 aromatic carbocycles. The van der Waals surface area contributed by atoms with Crippen molar-refractivity contribution >= 4 is 29.3 Å². The SMILES string of the molecule is CC(=N)N1CCSC(CC(=N)N2CCCC(CC(=N)N3CCCC3)C2)C1. The molecule has 146 valence electrons. The third-order valence-electron chi connectivity index (χ3n) is 5.90. The van der Waals surface area contributed by atoms with E-state index in [2.05, 4.69) is 14.7 Å². The molecule has 0 aromatic rings. The van der Waals surface area contributed by atoms with E-state index in [9.17, 15) is 0 Å². The molecule has 3 saturated heterocycles. The van der Waals surface area contributed by atoms with Gasteiger partial charge in [-0.25, -0.2) is 0 Å². The van der Waals surface area contributed by atoms with Crippen LogP contribution in [0.25, 0.3) is 0 Å². The van der Waals surface area contributed by atoms with Gasteiger partial charge < -0.3 is 14.7 Å². The molecule has 7 heteroatoms. The number of likely N-dealkylation sites (tertiary alicyclic amines) is 2. The molecule has 3 heterocycles. The summed E-state index contributed by atoms with van der Waals surface area (Å²) in [6, 6.07) is 0. The van der Waals surface area contributed by atoms with Crippen molar-refractivity contribution in [3.8, 4) is 0 Å². The first-order valence-electron chi connectivity index (χ1n) is 10.1. The third kappa shape index (κ3) is 5.15. The Balaban J connectivity index is 1.46. The molecule has 0 aromatic heterocycles. The van der Waals surface area contributed by atoms with Crippen molar-refractivity contribution < 1.29 is 0 Å². The van der Waals surface area contributed by atoms with Crippen molar-refractivity contribution in [1.82, 2.24) is 14.7 Å². The van der Waals surface area contributed by atoms with Crippen LogP contribution in [-0.2, 0) is 0 Å². The van der Waals surface area contributed by atoms with Crippen LogP contribution in [0, 0.1) is 22.1 Å². The summed E-state index contributed by atoms with van der Waals surface area (Å²) in [5, 5.41) is 25.3. The van der Waals surface area contributed by atoms with Gasteiger partial charge in [0, 0.05) is 63.1 Å². The van der Waals surface area contributed by atoms with E-state index in [-0.39, 0.29) is 0 Å². The van der Waals surface area contributed by atoms with Crippen molar-refractivity contribution in [2.24, 2.45) is 5.92 Å². The zero-order valence-electron chi connectivity index (χ0n) is 16.1. The summed E-state index contributed by atoms with van der Waals surface area (Å²) in [6.45, 7) is 7.80. The molecular formula is C19H34N6S. The van der Waals surface area contributed by atoms with Gasteiger partial charge in [-0.05, 0) is 38.5 Å². The Morgan fingerprint density at radius 3 is 2.27 bits per heavy atom. The van der Waals surface area contributed by atoms with Gasteiger partial charge in [0.25, 0.3) is 0 Å². The summed E-state index contributed by atoms with van der Waals surface area (Å²) in [5.41, 5.74) is 0. The highest BCUT2D eigenvalue weighted by molar-refractivity contribution is 8.00. The van der Waals surface area contributed by atoms with Gasteiger partial charge in [-0.3, -0.25) is 16.2 Å². The predicted octanol–water partition coefficient (Wildman–Crippen LogP) is 2.94. The zero-order chi connectivity index (χ0) is 18.5. The molecule has 3 N–H and O–H groups in total. The Hall–Kier alpha value is -1.24. The highest BCUT2D eigenvalue weighted by Gasteiger charge is 2.28. The van der Waals surface area contributed by atoms with E-state index in [1.165, 1.54) is 19.3 Å². The number of thioether (sulfide) groups is 1. The van der Waals surface area contributed by atoms with Crippen molar-refractivity contribution in [1.29, 1.82) is 16.2 Å². The minimum Gasteiger partial charge on any atom is -0.361 e. The van der Waals surface area contributed by atoms with Crippen LogP contribution in [0.3, 0.4) is 0 Å². The fourth-order valence-electron chi connectivity index (χ4n) is 4.36. The maximum Gasteiger partial charge on any atom is 0.0969 e. The summed E-state index contributed by atoms with van der Waals surface area (Å²) >= 11 is 1.96. The predicted molar refractivity (Wildman–Crippen MR) is 111 cm³/mol. The minimum absolute atomic E-state index is 0.430. The van der Waals surface area contributed by atoms with Crippen LogP contribution in [-0.4, -0.2) is 82.5 Å². The second kappa shape index (κ2) is 9.11. The first-order chi connectivity index (χ1) is 12.5. The number of piperidine rings is 1. The summed E-state index contributed by atoms with van der Waals surface area (Å²) in [5.74, 6) is 3.83. The normalized spacial score (nSPS) is 26.9. The van der Waals surface area contributed by atoms with Gasteiger partial charge in [-0.15, -0.1) is 0 Å². The molecule has 0 aliphatic carbocycles. The molecule has 0 spiro atoms. The van der Waals surface area contributed by atoms with Crippen LogP contribution in [0.4, 0.5) is 0 Å². The Kier molecular flexibility index (Phi) is 6.84. The quantitative estimate of drug-likeness (QED) is 0.519. The molecule has 2 unspecified atom stereocenters. The monoisotopic (exact) mass is 378 g/mol. The zero-order valence-corrected chi connectivity index (χ0v) is 16.9. The Morgan fingerprint density at radius 1 is 0.846 bits per heavy atom. The Labute approximate surface area is 162 Å². The molecule has 0 bridgehead atoms. The largest absolute Gasteiger partial charge is 0.361 e. The van der Waals surface area contributed by atoms with E-state index < -0.39 is 0 Å². The highest BCUT2D eigenvalue weighted by Crippen LogP contribution is 2.26. The van der Waals surface area contributed by atoms with E-state index >= 15 is 0 Å². The first-order valence-corrected chi connectivity index (χ1v) is 11.1. The lowest BCUT2D eigenvalue weighted by atomic mass is 9.93. The van der Waals surface area contributed by atoms with Crippen LogP contribution < -0.4 is 0 Å². The third-order valence-corrected chi connectivity index (χ3v) is 7.11. The van der Waals surface area contributed by atoms with Crippen LogP contribution in [0.2, 0.25) is 0 Å². The molecule has 3 aliphatic heterocycles. The Bertz CT molecular complexity index is 530.